The van der Waals surface area contributed by atoms with Gasteiger partial charge in [-0.25, -0.2) is 23.1 Å². The Morgan fingerprint density at radius 1 is 0.805 bits per heavy atom. The fourth-order valence-electron chi connectivity index (χ4n) is 3.35. The summed E-state index contributed by atoms with van der Waals surface area (Å²) in [5, 5.41) is 5.49. The molecule has 0 fully saturated rings. The van der Waals surface area contributed by atoms with Gasteiger partial charge in [0.2, 0.25) is 5.95 Å². The van der Waals surface area contributed by atoms with Crippen LogP contribution in [0.3, 0.4) is 0 Å². The summed E-state index contributed by atoms with van der Waals surface area (Å²) in [6.07, 6.45) is -2.36. The van der Waals surface area contributed by atoms with Gasteiger partial charge >= 0.3 is 6.18 Å². The van der Waals surface area contributed by atoms with E-state index in [1.54, 1.807) is 11.8 Å². The normalized spacial score (nSPS) is 11.5. The van der Waals surface area contributed by atoms with Gasteiger partial charge in [-0.05, 0) is 60.7 Å². The van der Waals surface area contributed by atoms with Crippen molar-refractivity contribution in [2.45, 2.75) is 16.0 Å². The zero-order valence-electron chi connectivity index (χ0n) is 21.1. The fourth-order valence-corrected chi connectivity index (χ4v) is 5.01. The molecule has 4 rings (SSSR count). The molecule has 0 aliphatic rings. The highest BCUT2D eigenvalue weighted by Crippen LogP contribution is 2.29. The second-order valence-electron chi connectivity index (χ2n) is 8.37. The lowest BCUT2D eigenvalue weighted by molar-refractivity contribution is -0.137. The van der Waals surface area contributed by atoms with E-state index in [4.69, 9.17) is 0 Å². The van der Waals surface area contributed by atoms with E-state index in [1.165, 1.54) is 24.3 Å². The molecule has 0 saturated carbocycles. The number of benzene rings is 3. The Morgan fingerprint density at radius 2 is 1.39 bits per heavy atom. The predicted molar refractivity (Wildman–Crippen MR) is 148 cm³/mol. The van der Waals surface area contributed by atoms with Crippen molar-refractivity contribution in [3.8, 4) is 0 Å². The second-order valence-corrected chi connectivity index (χ2v) is 11.2. The number of rotatable bonds is 10. The number of alkyl halides is 3. The number of hydrogen-bond donors (Lipinski definition) is 3. The maximum absolute atomic E-state index is 12.7. The van der Waals surface area contributed by atoms with Gasteiger partial charge in [-0.3, -0.25) is 9.59 Å². The number of carbonyl (C=O) groups is 2. The van der Waals surface area contributed by atoms with Crippen molar-refractivity contribution in [1.29, 1.82) is 0 Å². The van der Waals surface area contributed by atoms with Crippen LogP contribution in [-0.2, 0) is 16.2 Å². The smallest absolute Gasteiger partial charge is 0.353 e. The lowest BCUT2D eigenvalue weighted by atomic mass is 10.1. The molecular weight excluding hydrogens is 579 g/mol. The molecule has 3 aromatic carbocycles. The third-order valence-corrected chi connectivity index (χ3v) is 7.74. The maximum Gasteiger partial charge on any atom is 0.416 e. The first-order valence-corrected chi connectivity index (χ1v) is 14.4. The topological polar surface area (TPSA) is 130 Å². The molecule has 212 valence electrons. The van der Waals surface area contributed by atoms with Crippen molar-refractivity contribution in [3.05, 3.63) is 108 Å². The summed E-state index contributed by atoms with van der Waals surface area (Å²) < 4.78 is 65.3. The van der Waals surface area contributed by atoms with E-state index in [1.807, 2.05) is 35.1 Å². The van der Waals surface area contributed by atoms with Crippen molar-refractivity contribution >= 4 is 45.2 Å². The molecule has 0 aliphatic heterocycles. The quantitative estimate of drug-likeness (QED) is 0.170. The molecule has 0 bridgehead atoms. The number of sulfonamides is 1. The average molecular weight is 602 g/mol. The summed E-state index contributed by atoms with van der Waals surface area (Å²) in [5.74, 6) is -0.615. The third kappa shape index (κ3) is 8.28. The van der Waals surface area contributed by atoms with Crippen LogP contribution in [0.15, 0.2) is 101 Å². The SMILES string of the molecule is O=C(Nc1ccc(C(=O)NS(=O)(=O)c2cnc(NCCSc3ccccc3)nc2)cc1)c1ccc(C(F)(F)F)cc1. The Labute approximate surface area is 237 Å². The summed E-state index contributed by atoms with van der Waals surface area (Å²) in [6, 6.07) is 18.8. The van der Waals surface area contributed by atoms with E-state index in [-0.39, 0.29) is 27.7 Å². The van der Waals surface area contributed by atoms with Crippen LogP contribution in [0.1, 0.15) is 26.3 Å². The van der Waals surface area contributed by atoms with Gasteiger partial charge in [0.1, 0.15) is 4.90 Å². The highest BCUT2D eigenvalue weighted by molar-refractivity contribution is 7.99. The molecule has 4 aromatic rings. The van der Waals surface area contributed by atoms with Gasteiger partial charge in [0.05, 0.1) is 18.0 Å². The van der Waals surface area contributed by atoms with Gasteiger partial charge in [-0.2, -0.15) is 13.2 Å². The van der Waals surface area contributed by atoms with Gasteiger partial charge in [0, 0.05) is 34.0 Å². The highest BCUT2D eigenvalue weighted by Gasteiger charge is 2.30. The van der Waals surface area contributed by atoms with Crippen LogP contribution in [0.2, 0.25) is 0 Å². The molecule has 3 N–H and O–H groups in total. The predicted octanol–water partition coefficient (Wildman–Crippen LogP) is 5.07. The molecule has 2 amide bonds. The Kier molecular flexibility index (Phi) is 9.24. The van der Waals surface area contributed by atoms with E-state index < -0.39 is 33.6 Å². The number of amides is 2. The summed E-state index contributed by atoms with van der Waals surface area (Å²) in [5.41, 5.74) is -0.656. The average Bonchev–Trinajstić information content (AvgIpc) is 2.96. The minimum absolute atomic E-state index is 0.000392. The number of anilines is 2. The van der Waals surface area contributed by atoms with E-state index in [0.717, 1.165) is 47.3 Å². The number of nitrogens with one attached hydrogen (secondary N) is 3. The molecule has 0 aliphatic carbocycles. The lowest BCUT2D eigenvalue weighted by Gasteiger charge is -2.10. The molecule has 41 heavy (non-hydrogen) atoms. The van der Waals surface area contributed by atoms with Crippen molar-refractivity contribution in [3.63, 3.8) is 0 Å². The monoisotopic (exact) mass is 601 g/mol. The van der Waals surface area contributed by atoms with E-state index >= 15 is 0 Å². The standard InChI is InChI=1S/C27H22F3N5O4S2/c28-27(29,30)20-10-6-18(7-11-20)24(36)34-21-12-8-19(9-13-21)25(37)35-41(38,39)23-16-32-26(33-17-23)31-14-15-40-22-4-2-1-3-5-22/h1-13,16-17H,14-15H2,(H,34,36)(H,35,37)(H,31,32,33). The summed E-state index contributed by atoms with van der Waals surface area (Å²) in [4.78, 5) is 33.7. The third-order valence-electron chi connectivity index (χ3n) is 5.44. The lowest BCUT2D eigenvalue weighted by Crippen LogP contribution is -2.30. The number of hydrogen-bond acceptors (Lipinski definition) is 8. The zero-order valence-corrected chi connectivity index (χ0v) is 22.7. The van der Waals surface area contributed by atoms with Gasteiger partial charge < -0.3 is 10.6 Å². The molecule has 0 radical (unpaired) electrons. The minimum Gasteiger partial charge on any atom is -0.353 e. The molecule has 14 heteroatoms. The molecule has 0 spiro atoms. The number of carbonyl (C=O) groups excluding carboxylic acids is 2. The van der Waals surface area contributed by atoms with Gasteiger partial charge in [0.15, 0.2) is 0 Å². The van der Waals surface area contributed by atoms with Crippen LogP contribution in [-0.4, -0.2) is 42.5 Å². The Morgan fingerprint density at radius 3 is 2.00 bits per heavy atom. The first-order valence-electron chi connectivity index (χ1n) is 11.9. The Bertz CT molecular complexity index is 1600. The van der Waals surface area contributed by atoms with Crippen molar-refractivity contribution in [1.82, 2.24) is 14.7 Å². The van der Waals surface area contributed by atoms with Gasteiger partial charge in [-0.15, -0.1) is 11.8 Å². The minimum atomic E-state index is -4.52. The maximum atomic E-state index is 12.7. The summed E-state index contributed by atoms with van der Waals surface area (Å²) in [7, 11) is -4.27. The first kappa shape index (κ1) is 29.6. The zero-order chi connectivity index (χ0) is 29.5. The van der Waals surface area contributed by atoms with Crippen molar-refractivity contribution in [2.24, 2.45) is 0 Å². The molecule has 1 heterocycles. The number of halogens is 3. The second kappa shape index (κ2) is 12.8. The summed E-state index contributed by atoms with van der Waals surface area (Å²) in [6.45, 7) is 0.545. The van der Waals surface area contributed by atoms with Crippen LogP contribution in [0.5, 0.6) is 0 Å². The van der Waals surface area contributed by atoms with Crippen LogP contribution in [0, 0.1) is 0 Å². The Hall–Kier alpha value is -4.43. The highest BCUT2D eigenvalue weighted by atomic mass is 32.2. The summed E-state index contributed by atoms with van der Waals surface area (Å²) >= 11 is 1.64. The molecule has 1 aromatic heterocycles. The molecule has 0 atom stereocenters. The van der Waals surface area contributed by atoms with Gasteiger partial charge in [0.25, 0.3) is 21.8 Å². The van der Waals surface area contributed by atoms with E-state index in [2.05, 4.69) is 20.6 Å². The van der Waals surface area contributed by atoms with Crippen LogP contribution >= 0.6 is 11.8 Å². The first-order chi connectivity index (χ1) is 19.5. The number of thioether (sulfide) groups is 1. The number of aromatic nitrogens is 2. The Balaban J connectivity index is 1.29. The van der Waals surface area contributed by atoms with E-state index in [0.29, 0.717) is 6.54 Å². The molecular formula is C27H22F3N5O4S2. The number of nitrogens with zero attached hydrogens (tertiary/aromatic N) is 2. The van der Waals surface area contributed by atoms with Crippen LogP contribution < -0.4 is 15.4 Å². The van der Waals surface area contributed by atoms with Crippen LogP contribution in [0.25, 0.3) is 0 Å². The largest absolute Gasteiger partial charge is 0.416 e. The van der Waals surface area contributed by atoms with Crippen molar-refractivity contribution < 1.29 is 31.2 Å². The van der Waals surface area contributed by atoms with Crippen molar-refractivity contribution in [2.75, 3.05) is 22.9 Å². The van der Waals surface area contributed by atoms with Gasteiger partial charge in [-0.1, -0.05) is 18.2 Å². The van der Waals surface area contributed by atoms with E-state index in [9.17, 15) is 31.2 Å². The fraction of sp³-hybridized carbons (Fsp3) is 0.111. The molecule has 0 unspecified atom stereocenters. The molecule has 9 nitrogen and oxygen atoms in total. The van der Waals surface area contributed by atoms with Crippen LogP contribution in [0.4, 0.5) is 24.8 Å². The molecule has 0 saturated heterocycles.